The number of hydrogen-bond acceptors (Lipinski definition) is 7. The summed E-state index contributed by atoms with van der Waals surface area (Å²) in [5, 5.41) is 21.3. The highest BCUT2D eigenvalue weighted by molar-refractivity contribution is 8.26. The van der Waals surface area contributed by atoms with E-state index in [9.17, 15) is 24.8 Å². The van der Waals surface area contributed by atoms with Crippen molar-refractivity contribution in [1.82, 2.24) is 4.90 Å². The van der Waals surface area contributed by atoms with Gasteiger partial charge in [0, 0.05) is 18.6 Å². The van der Waals surface area contributed by atoms with Gasteiger partial charge in [-0.25, -0.2) is 0 Å². The topological polar surface area (TPSA) is 104 Å². The van der Waals surface area contributed by atoms with Crippen LogP contribution in [0, 0.1) is 10.1 Å². The molecule has 0 spiro atoms. The van der Waals surface area contributed by atoms with Gasteiger partial charge in [0.05, 0.1) is 9.83 Å². The monoisotopic (exact) mass is 413 g/mol. The number of amides is 1. The van der Waals surface area contributed by atoms with E-state index in [2.05, 4.69) is 0 Å². The third-order valence-electron chi connectivity index (χ3n) is 3.60. The summed E-state index contributed by atoms with van der Waals surface area (Å²) >= 11 is 12.1. The molecular formula is C16H14ClN2O5S2-. The molecule has 0 saturated carbocycles. The van der Waals surface area contributed by atoms with E-state index in [4.69, 9.17) is 23.8 Å². The van der Waals surface area contributed by atoms with Crippen molar-refractivity contribution >= 4 is 63.5 Å². The summed E-state index contributed by atoms with van der Waals surface area (Å²) in [5.41, 5.74) is 0.249. The Labute approximate surface area is 164 Å². The van der Waals surface area contributed by atoms with Gasteiger partial charge in [0.25, 0.3) is 11.6 Å². The van der Waals surface area contributed by atoms with E-state index in [0.717, 1.165) is 11.8 Å². The lowest BCUT2D eigenvalue weighted by molar-refractivity contribution is -0.384. The molecule has 0 radical (unpaired) electrons. The Hall–Kier alpha value is -1.97. The number of carbonyl (C=O) groups is 2. The molecular weight excluding hydrogens is 400 g/mol. The zero-order valence-corrected chi connectivity index (χ0v) is 15.9. The van der Waals surface area contributed by atoms with Crippen LogP contribution in [0.2, 0.25) is 5.02 Å². The van der Waals surface area contributed by atoms with Crippen LogP contribution in [0.1, 0.15) is 31.2 Å². The van der Waals surface area contributed by atoms with E-state index in [1.165, 1.54) is 17.0 Å². The maximum atomic E-state index is 12.5. The second-order valence-corrected chi connectivity index (χ2v) is 7.57. The normalized spacial score (nSPS) is 15.7. The van der Waals surface area contributed by atoms with E-state index in [1.807, 2.05) is 0 Å². The minimum absolute atomic E-state index is 0.00631. The Kier molecular flexibility index (Phi) is 7.13. The predicted octanol–water partition coefficient (Wildman–Crippen LogP) is 2.76. The number of nitrogens with zero attached hydrogens (tertiary/aromatic N) is 2. The van der Waals surface area contributed by atoms with E-state index in [-0.39, 0.29) is 23.0 Å². The van der Waals surface area contributed by atoms with Gasteiger partial charge < -0.3 is 9.90 Å². The van der Waals surface area contributed by atoms with Crippen LogP contribution < -0.4 is 5.11 Å². The number of halogens is 1. The maximum Gasteiger partial charge on any atom is 0.288 e. The van der Waals surface area contributed by atoms with Crippen molar-refractivity contribution in [2.75, 3.05) is 6.54 Å². The first kappa shape index (κ1) is 20.3. The summed E-state index contributed by atoms with van der Waals surface area (Å²) in [5.74, 6) is -1.35. The predicted molar refractivity (Wildman–Crippen MR) is 101 cm³/mol. The zero-order chi connectivity index (χ0) is 19.3. The molecule has 1 aromatic rings. The van der Waals surface area contributed by atoms with Gasteiger partial charge in [0.1, 0.15) is 9.34 Å². The van der Waals surface area contributed by atoms with Gasteiger partial charge in [0.2, 0.25) is 0 Å². The lowest BCUT2D eigenvalue weighted by Gasteiger charge is -2.14. The van der Waals surface area contributed by atoms with Crippen LogP contribution in [0.5, 0.6) is 0 Å². The molecule has 2 rings (SSSR count). The molecule has 1 fully saturated rings. The SMILES string of the molecule is O=C([O-])CCCCCN1C(=O)/C(=C/c2ccc(Cl)c([N+](=O)[O-])c2)SC1=S. The van der Waals surface area contributed by atoms with Gasteiger partial charge in [0.15, 0.2) is 0 Å². The number of thioether (sulfide) groups is 1. The summed E-state index contributed by atoms with van der Waals surface area (Å²) in [6.07, 6.45) is 3.29. The number of hydrogen-bond donors (Lipinski definition) is 0. The molecule has 1 heterocycles. The molecule has 138 valence electrons. The molecule has 10 heteroatoms. The second kappa shape index (κ2) is 9.11. The first-order valence-electron chi connectivity index (χ1n) is 7.68. The number of unbranched alkanes of at least 4 members (excludes halogenated alkanes) is 2. The molecule has 0 bridgehead atoms. The van der Waals surface area contributed by atoms with Gasteiger partial charge in [-0.3, -0.25) is 19.8 Å². The van der Waals surface area contributed by atoms with Crippen LogP contribution in [0.3, 0.4) is 0 Å². The van der Waals surface area contributed by atoms with Crippen molar-refractivity contribution in [2.45, 2.75) is 25.7 Å². The summed E-state index contributed by atoms with van der Waals surface area (Å²) in [6.45, 7) is 0.399. The number of nitro benzene ring substituents is 1. The van der Waals surface area contributed by atoms with Crippen LogP contribution >= 0.6 is 35.6 Å². The fourth-order valence-corrected chi connectivity index (χ4v) is 3.81. The van der Waals surface area contributed by atoms with Gasteiger partial charge in [-0.05, 0) is 37.0 Å². The molecule has 0 atom stereocenters. The van der Waals surface area contributed by atoms with E-state index in [1.54, 1.807) is 12.1 Å². The molecule has 0 N–H and O–H groups in total. The van der Waals surface area contributed by atoms with Crippen LogP contribution in [0.4, 0.5) is 5.69 Å². The molecule has 1 aliphatic rings. The first-order valence-corrected chi connectivity index (χ1v) is 9.29. The summed E-state index contributed by atoms with van der Waals surface area (Å²) < 4.78 is 0.407. The molecule has 1 saturated heterocycles. The van der Waals surface area contributed by atoms with Crippen LogP contribution in [-0.4, -0.2) is 32.6 Å². The number of benzene rings is 1. The van der Waals surface area contributed by atoms with Crippen molar-refractivity contribution in [2.24, 2.45) is 0 Å². The minimum Gasteiger partial charge on any atom is -0.550 e. The smallest absolute Gasteiger partial charge is 0.288 e. The van der Waals surface area contributed by atoms with E-state index in [0.29, 0.717) is 40.6 Å². The molecule has 1 amide bonds. The fraction of sp³-hybridized carbons (Fsp3) is 0.312. The van der Waals surface area contributed by atoms with Crippen molar-refractivity contribution in [3.8, 4) is 0 Å². The minimum atomic E-state index is -1.09. The third-order valence-corrected chi connectivity index (χ3v) is 5.30. The number of nitro groups is 1. The highest BCUT2D eigenvalue weighted by atomic mass is 35.5. The number of carboxylic acids is 1. The summed E-state index contributed by atoms with van der Waals surface area (Å²) in [4.78, 5) is 35.0. The highest BCUT2D eigenvalue weighted by Gasteiger charge is 2.31. The van der Waals surface area contributed by atoms with Crippen molar-refractivity contribution < 1.29 is 19.6 Å². The van der Waals surface area contributed by atoms with Gasteiger partial charge in [-0.2, -0.15) is 0 Å². The molecule has 0 aliphatic carbocycles. The van der Waals surface area contributed by atoms with Crippen molar-refractivity contribution in [3.63, 3.8) is 0 Å². The molecule has 7 nitrogen and oxygen atoms in total. The second-order valence-electron chi connectivity index (χ2n) is 5.48. The molecule has 0 unspecified atom stereocenters. The Balaban J connectivity index is 2.03. The van der Waals surface area contributed by atoms with Gasteiger partial charge in [-0.1, -0.05) is 48.1 Å². The first-order chi connectivity index (χ1) is 12.3. The largest absolute Gasteiger partial charge is 0.550 e. The van der Waals surface area contributed by atoms with E-state index >= 15 is 0 Å². The standard InChI is InChI=1S/C16H15ClN2O5S2/c17-11-6-5-10(8-12(11)19(23)24)9-13-15(22)18(16(25)26-13)7-3-1-2-4-14(20)21/h5-6,8-9H,1-4,7H2,(H,20,21)/p-1/b13-9-. The highest BCUT2D eigenvalue weighted by Crippen LogP contribution is 2.34. The maximum absolute atomic E-state index is 12.5. The molecule has 26 heavy (non-hydrogen) atoms. The third kappa shape index (κ3) is 5.26. The van der Waals surface area contributed by atoms with Gasteiger partial charge >= 0.3 is 0 Å². The number of rotatable bonds is 8. The summed E-state index contributed by atoms with van der Waals surface area (Å²) in [7, 11) is 0. The molecule has 1 aromatic carbocycles. The number of carbonyl (C=O) groups excluding carboxylic acids is 2. The number of thiocarbonyl (C=S) groups is 1. The van der Waals surface area contributed by atoms with Crippen LogP contribution in [0.15, 0.2) is 23.1 Å². The average Bonchev–Trinajstić information content (AvgIpc) is 2.83. The number of carboxylic acid groups (broad SMARTS) is 1. The van der Waals surface area contributed by atoms with Crippen LogP contribution in [0.25, 0.3) is 6.08 Å². The van der Waals surface area contributed by atoms with Crippen molar-refractivity contribution in [1.29, 1.82) is 0 Å². The van der Waals surface area contributed by atoms with E-state index < -0.39 is 10.9 Å². The quantitative estimate of drug-likeness (QED) is 0.212. The number of aliphatic carboxylic acids is 1. The van der Waals surface area contributed by atoms with Crippen LogP contribution in [-0.2, 0) is 9.59 Å². The Bertz CT molecular complexity index is 797. The summed E-state index contributed by atoms with van der Waals surface area (Å²) in [6, 6.07) is 4.29. The Morgan fingerprint density at radius 2 is 2.08 bits per heavy atom. The molecule has 1 aliphatic heterocycles. The van der Waals surface area contributed by atoms with Gasteiger partial charge in [-0.15, -0.1) is 0 Å². The lowest BCUT2D eigenvalue weighted by Crippen LogP contribution is -2.29. The average molecular weight is 414 g/mol. The Morgan fingerprint density at radius 3 is 2.73 bits per heavy atom. The van der Waals surface area contributed by atoms with Crippen molar-refractivity contribution in [3.05, 3.63) is 43.8 Å². The lowest BCUT2D eigenvalue weighted by atomic mass is 10.1. The zero-order valence-electron chi connectivity index (χ0n) is 13.5. The molecule has 0 aromatic heterocycles. The Morgan fingerprint density at radius 1 is 1.35 bits per heavy atom. The fourth-order valence-electron chi connectivity index (χ4n) is 2.32.